The van der Waals surface area contributed by atoms with E-state index in [4.69, 9.17) is 0 Å². The van der Waals surface area contributed by atoms with Crippen molar-refractivity contribution >= 4 is 15.5 Å². The lowest BCUT2D eigenvalue weighted by Gasteiger charge is -2.00. The molecule has 8 heteroatoms. The van der Waals surface area contributed by atoms with Gasteiger partial charge in [-0.1, -0.05) is 0 Å². The van der Waals surface area contributed by atoms with Crippen LogP contribution in [-0.4, -0.2) is 23.1 Å². The molecule has 0 saturated carbocycles. The fourth-order valence-electron chi connectivity index (χ4n) is 1.42. The van der Waals surface area contributed by atoms with Gasteiger partial charge in [0.2, 0.25) is 9.84 Å². The van der Waals surface area contributed by atoms with Crippen molar-refractivity contribution < 1.29 is 13.3 Å². The topological polar surface area (TPSA) is 95.1 Å². The van der Waals surface area contributed by atoms with Gasteiger partial charge in [-0.3, -0.25) is 14.8 Å². The summed E-state index contributed by atoms with van der Waals surface area (Å²) in [6.45, 7) is 0. The third-order valence-corrected chi connectivity index (χ3v) is 4.07. The Morgan fingerprint density at radius 1 is 1.22 bits per heavy atom. The number of nitro groups is 1. The minimum Gasteiger partial charge on any atom is -0.274 e. The molecule has 0 aliphatic carbocycles. The van der Waals surface area contributed by atoms with E-state index >= 15 is 0 Å². The zero-order valence-electron chi connectivity index (χ0n) is 9.35. The average molecular weight is 267 g/mol. The summed E-state index contributed by atoms with van der Waals surface area (Å²) in [4.78, 5) is 9.95. The summed E-state index contributed by atoms with van der Waals surface area (Å²) in [5, 5.41) is 14.3. The summed E-state index contributed by atoms with van der Waals surface area (Å²) < 4.78 is 25.6. The van der Waals surface area contributed by atoms with Crippen LogP contribution in [-0.2, 0) is 16.9 Å². The molecule has 1 heterocycles. The highest BCUT2D eigenvalue weighted by Gasteiger charge is 2.20. The fraction of sp³-hybridized carbons (Fsp3) is 0.100. The first-order chi connectivity index (χ1) is 8.41. The molecule has 0 bridgehead atoms. The molecule has 0 radical (unpaired) electrons. The molecule has 0 aliphatic heterocycles. The molecule has 2 aromatic rings. The lowest BCUT2D eigenvalue weighted by atomic mass is 10.3. The highest BCUT2D eigenvalue weighted by atomic mass is 32.2. The Bertz CT molecular complexity index is 688. The molecule has 1 aromatic carbocycles. The Kier molecular flexibility index (Phi) is 2.87. The van der Waals surface area contributed by atoms with Crippen molar-refractivity contribution in [3.05, 3.63) is 46.8 Å². The highest BCUT2D eigenvalue weighted by molar-refractivity contribution is 7.91. The normalized spacial score (nSPS) is 11.4. The highest BCUT2D eigenvalue weighted by Crippen LogP contribution is 2.22. The van der Waals surface area contributed by atoms with Crippen LogP contribution in [0.2, 0.25) is 0 Å². The quantitative estimate of drug-likeness (QED) is 0.614. The smallest absolute Gasteiger partial charge is 0.269 e. The number of hydrogen-bond acceptors (Lipinski definition) is 5. The Hall–Kier alpha value is -2.22. The SMILES string of the molecule is Cn1cc(S(=O)(=O)c2ccc([N+](=O)[O-])cc2)cn1. The largest absolute Gasteiger partial charge is 0.274 e. The van der Waals surface area contributed by atoms with Crippen molar-refractivity contribution in [2.45, 2.75) is 9.79 Å². The van der Waals surface area contributed by atoms with Gasteiger partial charge in [-0.15, -0.1) is 0 Å². The molecule has 0 amide bonds. The van der Waals surface area contributed by atoms with Crippen molar-refractivity contribution in [2.24, 2.45) is 7.05 Å². The van der Waals surface area contributed by atoms with Gasteiger partial charge in [-0.25, -0.2) is 8.42 Å². The van der Waals surface area contributed by atoms with Gasteiger partial charge in [0.05, 0.1) is 16.0 Å². The second-order valence-corrected chi connectivity index (χ2v) is 5.55. The number of nitrogens with zero attached hydrogens (tertiary/aromatic N) is 3. The molecule has 7 nitrogen and oxygen atoms in total. The van der Waals surface area contributed by atoms with Gasteiger partial charge in [0.1, 0.15) is 4.90 Å². The Balaban J connectivity index is 2.45. The van der Waals surface area contributed by atoms with Crippen LogP contribution in [0.25, 0.3) is 0 Å². The van der Waals surface area contributed by atoms with E-state index in [2.05, 4.69) is 5.10 Å². The first kappa shape index (κ1) is 12.2. The average Bonchev–Trinajstić information content (AvgIpc) is 2.76. The van der Waals surface area contributed by atoms with Gasteiger partial charge in [0.15, 0.2) is 0 Å². The van der Waals surface area contributed by atoms with Crippen LogP contribution in [0.1, 0.15) is 0 Å². The van der Waals surface area contributed by atoms with Gasteiger partial charge in [-0.2, -0.15) is 5.10 Å². The number of benzene rings is 1. The summed E-state index contributed by atoms with van der Waals surface area (Å²) in [6.07, 6.45) is 2.60. The third-order valence-electron chi connectivity index (χ3n) is 2.35. The van der Waals surface area contributed by atoms with Gasteiger partial charge in [0, 0.05) is 25.4 Å². The van der Waals surface area contributed by atoms with E-state index in [1.165, 1.54) is 29.2 Å². The van der Waals surface area contributed by atoms with Crippen molar-refractivity contribution in [1.29, 1.82) is 0 Å². The van der Waals surface area contributed by atoms with E-state index in [0.717, 1.165) is 12.1 Å². The van der Waals surface area contributed by atoms with Crippen molar-refractivity contribution in [3.8, 4) is 0 Å². The zero-order valence-corrected chi connectivity index (χ0v) is 10.2. The summed E-state index contributed by atoms with van der Waals surface area (Å²) in [7, 11) is -2.06. The van der Waals surface area contributed by atoms with E-state index in [9.17, 15) is 18.5 Å². The number of aryl methyl sites for hydroxylation is 1. The fourth-order valence-corrected chi connectivity index (χ4v) is 2.66. The second-order valence-electron chi connectivity index (χ2n) is 3.60. The molecule has 1 aromatic heterocycles. The van der Waals surface area contributed by atoms with Crippen LogP contribution in [0, 0.1) is 10.1 Å². The lowest BCUT2D eigenvalue weighted by molar-refractivity contribution is -0.384. The minimum atomic E-state index is -3.67. The molecule has 0 atom stereocenters. The summed E-state index contributed by atoms with van der Waals surface area (Å²) in [5.41, 5.74) is -0.153. The van der Waals surface area contributed by atoms with E-state index in [1.807, 2.05) is 0 Å². The van der Waals surface area contributed by atoms with Gasteiger partial charge in [0.25, 0.3) is 5.69 Å². The maximum absolute atomic E-state index is 12.1. The van der Waals surface area contributed by atoms with E-state index < -0.39 is 14.8 Å². The number of nitro benzene ring substituents is 1. The van der Waals surface area contributed by atoms with Gasteiger partial charge >= 0.3 is 0 Å². The molecule has 94 valence electrons. The van der Waals surface area contributed by atoms with E-state index in [1.54, 1.807) is 7.05 Å². The number of non-ortho nitro benzene ring substituents is 1. The van der Waals surface area contributed by atoms with Crippen molar-refractivity contribution in [2.75, 3.05) is 0 Å². The van der Waals surface area contributed by atoms with Crippen LogP contribution < -0.4 is 0 Å². The standard InChI is InChI=1S/C10H9N3O4S/c1-12-7-10(6-11-12)18(16,17)9-4-2-8(3-5-9)13(14)15/h2-7H,1H3. The number of sulfone groups is 1. The number of aromatic nitrogens is 2. The molecule has 2 rings (SSSR count). The van der Waals surface area contributed by atoms with E-state index in [0.29, 0.717) is 0 Å². The second kappa shape index (κ2) is 4.22. The Labute approximate surface area is 103 Å². The zero-order chi connectivity index (χ0) is 13.3. The predicted octanol–water partition coefficient (Wildman–Crippen LogP) is 1.16. The molecular formula is C10H9N3O4S. The first-order valence-electron chi connectivity index (χ1n) is 4.89. The Morgan fingerprint density at radius 3 is 2.28 bits per heavy atom. The van der Waals surface area contributed by atoms with Crippen LogP contribution in [0.15, 0.2) is 46.5 Å². The summed E-state index contributed by atoms with van der Waals surface area (Å²) in [6, 6.07) is 4.73. The van der Waals surface area contributed by atoms with Crippen LogP contribution in [0.4, 0.5) is 5.69 Å². The maximum atomic E-state index is 12.1. The van der Waals surface area contributed by atoms with Crippen molar-refractivity contribution in [1.82, 2.24) is 9.78 Å². The summed E-state index contributed by atoms with van der Waals surface area (Å²) >= 11 is 0. The van der Waals surface area contributed by atoms with Crippen molar-refractivity contribution in [3.63, 3.8) is 0 Å². The monoisotopic (exact) mass is 267 g/mol. The van der Waals surface area contributed by atoms with Crippen LogP contribution in [0.5, 0.6) is 0 Å². The summed E-state index contributed by atoms with van der Waals surface area (Å²) in [5.74, 6) is 0. The molecule has 0 fully saturated rings. The molecule has 0 N–H and O–H groups in total. The minimum absolute atomic E-state index is 0.00102. The number of rotatable bonds is 3. The van der Waals surface area contributed by atoms with Crippen LogP contribution in [0.3, 0.4) is 0 Å². The molecule has 0 unspecified atom stereocenters. The van der Waals surface area contributed by atoms with Gasteiger partial charge < -0.3 is 0 Å². The Morgan fingerprint density at radius 2 is 1.83 bits per heavy atom. The molecule has 18 heavy (non-hydrogen) atoms. The van der Waals surface area contributed by atoms with E-state index in [-0.39, 0.29) is 15.5 Å². The predicted molar refractivity (Wildman–Crippen MR) is 61.8 cm³/mol. The molecule has 0 spiro atoms. The third kappa shape index (κ3) is 2.09. The first-order valence-corrected chi connectivity index (χ1v) is 6.38. The van der Waals surface area contributed by atoms with Crippen LogP contribution >= 0.6 is 0 Å². The molecule has 0 aliphatic rings. The molecule has 0 saturated heterocycles. The lowest BCUT2D eigenvalue weighted by Crippen LogP contribution is -2.01. The molecular weight excluding hydrogens is 258 g/mol. The number of hydrogen-bond donors (Lipinski definition) is 0. The maximum Gasteiger partial charge on any atom is 0.269 e. The van der Waals surface area contributed by atoms with Gasteiger partial charge in [-0.05, 0) is 12.1 Å².